The largest absolute Gasteiger partial charge is 0.369 e. The van der Waals surface area contributed by atoms with Crippen molar-refractivity contribution < 1.29 is 9.32 Å². The predicted molar refractivity (Wildman–Crippen MR) is 135 cm³/mol. The summed E-state index contributed by atoms with van der Waals surface area (Å²) >= 11 is 6.18. The number of aryl methyl sites for hydroxylation is 2. The van der Waals surface area contributed by atoms with Crippen molar-refractivity contribution in [1.29, 1.82) is 0 Å². The Hall–Kier alpha value is -2.42. The summed E-state index contributed by atoms with van der Waals surface area (Å²) in [7, 11) is 2.09. The van der Waals surface area contributed by atoms with Gasteiger partial charge >= 0.3 is 0 Å². The average molecular weight is 487 g/mol. The van der Waals surface area contributed by atoms with Gasteiger partial charge in [-0.1, -0.05) is 28.9 Å². The lowest BCUT2D eigenvalue weighted by atomic mass is 10.1. The van der Waals surface area contributed by atoms with Crippen LogP contribution in [0.4, 0.5) is 5.69 Å². The van der Waals surface area contributed by atoms with Gasteiger partial charge in [-0.15, -0.1) is 0 Å². The van der Waals surface area contributed by atoms with Crippen LogP contribution >= 0.6 is 11.6 Å². The number of anilines is 1. The molecule has 4 rings (SSSR count). The molecule has 1 aromatic heterocycles. The minimum atomic E-state index is 0.0273. The van der Waals surface area contributed by atoms with Gasteiger partial charge in [-0.25, -0.2) is 0 Å². The van der Waals surface area contributed by atoms with Crippen LogP contribution < -0.4 is 10.2 Å². The fourth-order valence-corrected chi connectivity index (χ4v) is 4.60. The normalized spacial score (nSPS) is 17.6. The summed E-state index contributed by atoms with van der Waals surface area (Å²) in [6.45, 7) is 9.72. The molecular weight excluding hydrogens is 452 g/mol. The standard InChI is InChI=1S/C25H35ClN6O2/c1-19-4-5-21(26)18-22(19)32-16-14-31(15-17-32)11-3-10-27-23(33)6-7-24-28-25(29-34-24)20-8-12-30(2)13-9-20/h4-5,8,18H,3,6-7,9-17H2,1-2H3,(H,27,33). The number of nitrogens with zero attached hydrogens (tertiary/aromatic N) is 5. The van der Waals surface area contributed by atoms with Crippen molar-refractivity contribution in [2.75, 3.05) is 64.3 Å². The van der Waals surface area contributed by atoms with E-state index in [0.29, 0.717) is 31.1 Å². The number of likely N-dealkylation sites (N-methyl/N-ethyl adjacent to an activating group) is 1. The van der Waals surface area contributed by atoms with E-state index in [4.69, 9.17) is 16.1 Å². The van der Waals surface area contributed by atoms with Crippen LogP contribution in [0.3, 0.4) is 0 Å². The van der Waals surface area contributed by atoms with E-state index < -0.39 is 0 Å². The second-order valence-electron chi connectivity index (χ2n) is 9.22. The molecule has 0 spiro atoms. The van der Waals surface area contributed by atoms with Gasteiger partial charge in [0.2, 0.25) is 11.8 Å². The van der Waals surface area contributed by atoms with Gasteiger partial charge in [-0.05, 0) is 56.6 Å². The molecule has 1 fully saturated rings. The van der Waals surface area contributed by atoms with Crippen LogP contribution in [0.15, 0.2) is 28.8 Å². The molecule has 2 aliphatic heterocycles. The van der Waals surface area contributed by atoms with Crippen LogP contribution in [0.5, 0.6) is 0 Å². The Kier molecular flexibility index (Phi) is 8.59. The molecule has 34 heavy (non-hydrogen) atoms. The van der Waals surface area contributed by atoms with Crippen LogP contribution in [0.1, 0.15) is 36.5 Å². The highest BCUT2D eigenvalue weighted by molar-refractivity contribution is 6.30. The number of amides is 1. The van der Waals surface area contributed by atoms with Crippen LogP contribution in [0.25, 0.3) is 5.57 Å². The van der Waals surface area contributed by atoms with E-state index in [-0.39, 0.29) is 5.91 Å². The molecule has 1 amide bonds. The van der Waals surface area contributed by atoms with E-state index in [9.17, 15) is 4.79 Å². The molecule has 184 valence electrons. The molecule has 1 saturated heterocycles. The molecule has 3 heterocycles. The van der Waals surface area contributed by atoms with Crippen molar-refractivity contribution in [2.24, 2.45) is 0 Å². The third-order valence-corrected chi connectivity index (χ3v) is 6.83. The van der Waals surface area contributed by atoms with Gasteiger partial charge in [0.25, 0.3) is 0 Å². The zero-order chi connectivity index (χ0) is 23.9. The van der Waals surface area contributed by atoms with Gasteiger partial charge in [0, 0.05) is 69.4 Å². The van der Waals surface area contributed by atoms with Gasteiger partial charge in [0.15, 0.2) is 5.82 Å². The van der Waals surface area contributed by atoms with Crippen LogP contribution in [-0.2, 0) is 11.2 Å². The molecule has 0 radical (unpaired) electrons. The van der Waals surface area contributed by atoms with Crippen LogP contribution in [0.2, 0.25) is 5.02 Å². The predicted octanol–water partition coefficient (Wildman–Crippen LogP) is 3.01. The Morgan fingerprint density at radius 3 is 2.79 bits per heavy atom. The molecule has 9 heteroatoms. The van der Waals surface area contributed by atoms with E-state index in [1.165, 1.54) is 11.3 Å². The fraction of sp³-hybridized carbons (Fsp3) is 0.560. The molecule has 0 saturated carbocycles. The number of aromatic nitrogens is 2. The lowest BCUT2D eigenvalue weighted by molar-refractivity contribution is -0.121. The Morgan fingerprint density at radius 1 is 1.21 bits per heavy atom. The van der Waals surface area contributed by atoms with Crippen molar-refractivity contribution in [2.45, 2.75) is 32.6 Å². The summed E-state index contributed by atoms with van der Waals surface area (Å²) in [5.74, 6) is 1.21. The monoisotopic (exact) mass is 486 g/mol. The summed E-state index contributed by atoms with van der Waals surface area (Å²) < 4.78 is 5.34. The van der Waals surface area contributed by atoms with Crippen molar-refractivity contribution in [3.63, 3.8) is 0 Å². The van der Waals surface area contributed by atoms with Crippen molar-refractivity contribution in [3.05, 3.63) is 46.6 Å². The number of nitrogens with one attached hydrogen (secondary N) is 1. The Morgan fingerprint density at radius 2 is 2.03 bits per heavy atom. The molecule has 2 aromatic rings. The number of hydrogen-bond acceptors (Lipinski definition) is 7. The summed E-state index contributed by atoms with van der Waals surface area (Å²) in [6, 6.07) is 6.08. The maximum absolute atomic E-state index is 12.2. The van der Waals surface area contributed by atoms with Crippen LogP contribution in [0, 0.1) is 6.92 Å². The number of halogens is 1. The third-order valence-electron chi connectivity index (χ3n) is 6.59. The second-order valence-corrected chi connectivity index (χ2v) is 9.65. The molecule has 0 bridgehead atoms. The molecule has 8 nitrogen and oxygen atoms in total. The first-order valence-electron chi connectivity index (χ1n) is 12.2. The highest BCUT2D eigenvalue weighted by Gasteiger charge is 2.19. The van der Waals surface area contributed by atoms with E-state index >= 15 is 0 Å². The first kappa shape index (κ1) is 24.7. The van der Waals surface area contributed by atoms with Crippen molar-refractivity contribution in [1.82, 2.24) is 25.3 Å². The number of rotatable bonds is 9. The number of carbonyl (C=O) groups excluding carboxylic acids is 1. The smallest absolute Gasteiger partial charge is 0.227 e. The Balaban J connectivity index is 1.10. The van der Waals surface area contributed by atoms with Gasteiger partial charge in [-0.2, -0.15) is 4.98 Å². The molecule has 0 atom stereocenters. The first-order chi connectivity index (χ1) is 16.5. The molecular formula is C25H35ClN6O2. The zero-order valence-electron chi connectivity index (χ0n) is 20.2. The lowest BCUT2D eigenvalue weighted by Crippen LogP contribution is -2.47. The van der Waals surface area contributed by atoms with Crippen LogP contribution in [-0.4, -0.2) is 85.3 Å². The molecule has 1 N–H and O–H groups in total. The number of hydrogen-bond donors (Lipinski definition) is 1. The number of piperazine rings is 1. The number of benzene rings is 1. The third kappa shape index (κ3) is 6.81. The highest BCUT2D eigenvalue weighted by atomic mass is 35.5. The van der Waals surface area contributed by atoms with E-state index in [2.05, 4.69) is 62.3 Å². The highest BCUT2D eigenvalue weighted by Crippen LogP contribution is 2.25. The van der Waals surface area contributed by atoms with E-state index in [1.807, 2.05) is 6.07 Å². The minimum absolute atomic E-state index is 0.0273. The fourth-order valence-electron chi connectivity index (χ4n) is 4.44. The first-order valence-corrected chi connectivity index (χ1v) is 12.6. The summed E-state index contributed by atoms with van der Waals surface area (Å²) in [4.78, 5) is 23.8. The molecule has 2 aliphatic rings. The lowest BCUT2D eigenvalue weighted by Gasteiger charge is -2.37. The maximum Gasteiger partial charge on any atom is 0.227 e. The molecule has 0 aliphatic carbocycles. The Bertz CT molecular complexity index is 999. The molecule has 1 aromatic carbocycles. The quantitative estimate of drug-likeness (QED) is 0.546. The van der Waals surface area contributed by atoms with Crippen molar-refractivity contribution in [3.8, 4) is 0 Å². The molecule has 0 unspecified atom stereocenters. The van der Waals surface area contributed by atoms with Gasteiger partial charge < -0.3 is 19.6 Å². The second kappa shape index (κ2) is 11.8. The number of carbonyl (C=O) groups is 1. The van der Waals surface area contributed by atoms with Crippen molar-refractivity contribution >= 4 is 28.8 Å². The van der Waals surface area contributed by atoms with E-state index in [1.54, 1.807) is 0 Å². The minimum Gasteiger partial charge on any atom is -0.369 e. The summed E-state index contributed by atoms with van der Waals surface area (Å²) in [5.41, 5.74) is 3.62. The van der Waals surface area contributed by atoms with Gasteiger partial charge in [0.05, 0.1) is 0 Å². The zero-order valence-corrected chi connectivity index (χ0v) is 21.0. The Labute approximate surface area is 206 Å². The maximum atomic E-state index is 12.2. The van der Waals surface area contributed by atoms with Gasteiger partial charge in [0.1, 0.15) is 0 Å². The summed E-state index contributed by atoms with van der Waals surface area (Å²) in [6.07, 6.45) is 4.83. The average Bonchev–Trinajstić information content (AvgIpc) is 3.32. The van der Waals surface area contributed by atoms with Gasteiger partial charge in [-0.3, -0.25) is 9.69 Å². The van der Waals surface area contributed by atoms with E-state index in [0.717, 1.165) is 69.3 Å². The summed E-state index contributed by atoms with van der Waals surface area (Å²) in [5, 5.41) is 7.89. The topological polar surface area (TPSA) is 77.7 Å². The SMILES string of the molecule is Cc1ccc(Cl)cc1N1CCN(CCCNC(=O)CCc2nc(C3=CCN(C)CC3)no2)CC1.